The number of hydrazone groups is 1. The molecule has 0 radical (unpaired) electrons. The first kappa shape index (κ1) is 32.2. The number of carbonyl (C=O) groups is 2. The van der Waals surface area contributed by atoms with Crippen molar-refractivity contribution in [3.05, 3.63) is 66.2 Å². The Hall–Kier alpha value is -5.76. The molecule has 0 aliphatic carbocycles. The first-order chi connectivity index (χ1) is 22.6. The number of hydrogen-bond acceptors (Lipinski definition) is 12. The lowest BCUT2D eigenvalue weighted by Crippen LogP contribution is -2.33. The predicted octanol–water partition coefficient (Wildman–Crippen LogP) is 3.84. The van der Waals surface area contributed by atoms with Crippen LogP contribution in [-0.4, -0.2) is 76.9 Å². The largest absolute Gasteiger partial charge is 0.507 e. The summed E-state index contributed by atoms with van der Waals surface area (Å²) in [6, 6.07) is 12.0. The summed E-state index contributed by atoms with van der Waals surface area (Å²) in [7, 11) is -7.98. The maximum absolute atomic E-state index is 13.3. The Balaban J connectivity index is 1.31. The van der Waals surface area contributed by atoms with Gasteiger partial charge in [0.1, 0.15) is 27.9 Å². The van der Waals surface area contributed by atoms with Crippen LogP contribution in [0.4, 0.5) is 11.4 Å². The summed E-state index contributed by atoms with van der Waals surface area (Å²) in [5, 5.41) is 33.2. The Morgan fingerprint density at radius 3 is 2.31 bits per heavy atom. The molecule has 1 amide bonds. The van der Waals surface area contributed by atoms with Gasteiger partial charge in [0, 0.05) is 28.5 Å². The number of H-pyrrole nitrogens is 1. The smallest absolute Gasteiger partial charge is 0.355 e. The second-order valence-electron chi connectivity index (χ2n) is 10.4. The zero-order valence-corrected chi connectivity index (χ0v) is 26.2. The highest BCUT2D eigenvalue weighted by molar-refractivity contribution is 7.86. The number of nitrogens with one attached hydrogen (secondary N) is 1. The molecule has 1 unspecified atom stereocenters. The van der Waals surface area contributed by atoms with Gasteiger partial charge >= 0.3 is 5.97 Å². The molecular formula is C29H22N6O11S2. The number of nitrogens with zero attached hydrogens (tertiary/aromatic N) is 5. The van der Waals surface area contributed by atoms with Crippen LogP contribution >= 0.6 is 0 Å². The van der Waals surface area contributed by atoms with E-state index in [9.17, 15) is 45.7 Å². The molecule has 5 aromatic rings. The van der Waals surface area contributed by atoms with Crippen LogP contribution in [0.3, 0.4) is 0 Å². The second-order valence-corrected chi connectivity index (χ2v) is 13.2. The van der Waals surface area contributed by atoms with Crippen molar-refractivity contribution in [3.63, 3.8) is 0 Å². The number of benzene rings is 4. The molecular weight excluding hydrogens is 672 g/mol. The van der Waals surface area contributed by atoms with E-state index in [-0.39, 0.29) is 33.8 Å². The number of aromatic amines is 1. The van der Waals surface area contributed by atoms with Gasteiger partial charge in [-0.05, 0) is 61.0 Å². The summed E-state index contributed by atoms with van der Waals surface area (Å²) in [5.74, 6) is -2.53. The minimum atomic E-state index is -4.62. The van der Waals surface area contributed by atoms with Gasteiger partial charge in [-0.3, -0.25) is 13.9 Å². The van der Waals surface area contributed by atoms with Gasteiger partial charge in [-0.1, -0.05) is 0 Å². The second kappa shape index (κ2) is 11.5. The van der Waals surface area contributed by atoms with Crippen molar-refractivity contribution in [2.24, 2.45) is 15.3 Å². The van der Waals surface area contributed by atoms with Crippen LogP contribution in [0, 0.1) is 6.92 Å². The Labute approximate surface area is 270 Å². The van der Waals surface area contributed by atoms with Gasteiger partial charge in [-0.25, -0.2) is 9.78 Å². The number of carboxylic acid groups (broad SMARTS) is 1. The third-order valence-corrected chi connectivity index (χ3v) is 9.21. The van der Waals surface area contributed by atoms with E-state index in [4.69, 9.17) is 4.74 Å². The zero-order valence-electron chi connectivity index (χ0n) is 24.6. The van der Waals surface area contributed by atoms with Gasteiger partial charge in [-0.2, -0.15) is 37.2 Å². The minimum Gasteiger partial charge on any atom is -0.507 e. The number of carboxylic acids is 1. The van der Waals surface area contributed by atoms with Gasteiger partial charge in [0.25, 0.3) is 26.1 Å². The van der Waals surface area contributed by atoms with E-state index in [0.29, 0.717) is 27.8 Å². The first-order valence-electron chi connectivity index (χ1n) is 13.5. The molecule has 48 heavy (non-hydrogen) atoms. The molecule has 4 aromatic carbocycles. The molecule has 1 aliphatic heterocycles. The topological polar surface area (TPSA) is 262 Å². The number of azo groups is 1. The molecule has 17 nitrogen and oxygen atoms in total. The highest BCUT2D eigenvalue weighted by Gasteiger charge is 2.41. The third-order valence-electron chi connectivity index (χ3n) is 7.38. The fraction of sp³-hybridized carbons (Fsp3) is 0.103. The monoisotopic (exact) mass is 694 g/mol. The standard InChI is InChI=1S/C29H22N6O11S2/c1-13-9-20(22(46-2)12-23(13)48(43,44)45)32-33-25-26(29(38)39)34-35(28(25)37)15-5-3-14(4-6-15)27-30-19-8-7-17-18(24(19)31-27)10-16(11-21(17)36)47(40,41)42/h3-12,25,36H,1-2H3,(H,30,31)(H,38,39)(H,40,41,42)(H,43,44,45). The number of imidazole rings is 1. The molecule has 0 bridgehead atoms. The van der Waals surface area contributed by atoms with E-state index in [2.05, 4.69) is 25.3 Å². The fourth-order valence-corrected chi connectivity index (χ4v) is 6.34. The van der Waals surface area contributed by atoms with E-state index in [0.717, 1.165) is 17.1 Å². The number of aliphatic carboxylic acids is 1. The fourth-order valence-electron chi connectivity index (χ4n) is 5.10. The van der Waals surface area contributed by atoms with Crippen LogP contribution in [-0.2, 0) is 29.8 Å². The number of aromatic hydroxyl groups is 1. The maximum Gasteiger partial charge on any atom is 0.355 e. The highest BCUT2D eigenvalue weighted by atomic mass is 32.2. The average Bonchev–Trinajstić information content (AvgIpc) is 3.60. The number of aryl methyl sites for hydroxylation is 1. The molecule has 6 rings (SSSR count). The highest BCUT2D eigenvalue weighted by Crippen LogP contribution is 2.36. The van der Waals surface area contributed by atoms with E-state index in [1.54, 1.807) is 24.3 Å². The SMILES string of the molecule is COc1cc(S(=O)(=O)O)c(C)cc1N=NC1C(=O)N(c2ccc(-c3nc4c(ccc5c(O)cc(S(=O)(=O)O)cc54)[nH]3)cc2)N=C1C(=O)O. The summed E-state index contributed by atoms with van der Waals surface area (Å²) in [4.78, 5) is 32.0. The lowest BCUT2D eigenvalue weighted by Gasteiger charge is -2.13. The number of aromatic nitrogens is 2. The molecule has 1 aromatic heterocycles. The van der Waals surface area contributed by atoms with Crippen molar-refractivity contribution in [2.45, 2.75) is 22.8 Å². The minimum absolute atomic E-state index is 0.0363. The number of fused-ring (bicyclic) bond motifs is 3. The summed E-state index contributed by atoms with van der Waals surface area (Å²) >= 11 is 0. The van der Waals surface area contributed by atoms with Crippen molar-refractivity contribution in [3.8, 4) is 22.9 Å². The normalized spacial score (nSPS) is 15.5. The van der Waals surface area contributed by atoms with Crippen LogP contribution in [0.1, 0.15) is 5.56 Å². The molecule has 0 saturated carbocycles. The number of hydrogen-bond donors (Lipinski definition) is 5. The first-order valence-corrected chi connectivity index (χ1v) is 16.4. The van der Waals surface area contributed by atoms with Crippen molar-refractivity contribution in [2.75, 3.05) is 12.1 Å². The van der Waals surface area contributed by atoms with Crippen LogP contribution in [0.2, 0.25) is 0 Å². The van der Waals surface area contributed by atoms with Gasteiger partial charge in [0.05, 0.1) is 28.7 Å². The third kappa shape index (κ3) is 5.70. The number of phenolic OH excluding ortho intramolecular Hbond substituents is 1. The van der Waals surface area contributed by atoms with Crippen LogP contribution < -0.4 is 9.75 Å². The average molecular weight is 695 g/mol. The zero-order chi connectivity index (χ0) is 34.7. The predicted molar refractivity (Wildman–Crippen MR) is 169 cm³/mol. The molecule has 2 heterocycles. The molecule has 5 N–H and O–H groups in total. The van der Waals surface area contributed by atoms with Gasteiger partial charge in [0.15, 0.2) is 5.71 Å². The lowest BCUT2D eigenvalue weighted by molar-refractivity contribution is -0.130. The molecule has 19 heteroatoms. The Morgan fingerprint density at radius 2 is 1.69 bits per heavy atom. The van der Waals surface area contributed by atoms with Crippen molar-refractivity contribution >= 4 is 71.0 Å². The van der Waals surface area contributed by atoms with Crippen LogP contribution in [0.5, 0.6) is 11.5 Å². The van der Waals surface area contributed by atoms with Crippen LogP contribution in [0.15, 0.2) is 85.8 Å². The van der Waals surface area contributed by atoms with Gasteiger partial charge < -0.3 is 19.9 Å². The Kier molecular flexibility index (Phi) is 7.70. The van der Waals surface area contributed by atoms with Crippen molar-refractivity contribution in [1.29, 1.82) is 0 Å². The quantitative estimate of drug-likeness (QED) is 0.115. The lowest BCUT2D eigenvalue weighted by atomic mass is 10.1. The number of carbonyl (C=O) groups excluding carboxylic acids is 1. The molecule has 1 atom stereocenters. The number of phenols is 1. The Bertz CT molecular complexity index is 2480. The molecule has 0 saturated heterocycles. The number of methoxy groups -OCH3 is 1. The van der Waals surface area contributed by atoms with Gasteiger partial charge in [-0.15, -0.1) is 0 Å². The number of amides is 1. The van der Waals surface area contributed by atoms with E-state index < -0.39 is 53.7 Å². The summed E-state index contributed by atoms with van der Waals surface area (Å²) < 4.78 is 70.8. The van der Waals surface area contributed by atoms with Crippen molar-refractivity contribution < 1.29 is 50.5 Å². The summed E-state index contributed by atoms with van der Waals surface area (Å²) in [6.45, 7) is 1.38. The Morgan fingerprint density at radius 1 is 0.979 bits per heavy atom. The summed E-state index contributed by atoms with van der Waals surface area (Å²) in [5.41, 5.74) is 0.921. The van der Waals surface area contributed by atoms with E-state index in [1.807, 2.05) is 0 Å². The number of anilines is 1. The number of rotatable bonds is 8. The van der Waals surface area contributed by atoms with Crippen LogP contribution in [0.25, 0.3) is 33.2 Å². The van der Waals surface area contributed by atoms with E-state index >= 15 is 0 Å². The number of ether oxygens (including phenoxy) is 1. The molecule has 1 aliphatic rings. The van der Waals surface area contributed by atoms with Crippen molar-refractivity contribution in [1.82, 2.24) is 9.97 Å². The maximum atomic E-state index is 13.3. The molecule has 246 valence electrons. The van der Waals surface area contributed by atoms with Gasteiger partial charge in [0.2, 0.25) is 6.04 Å². The molecule has 0 spiro atoms. The molecule has 0 fully saturated rings. The van der Waals surface area contributed by atoms with E-state index in [1.165, 1.54) is 38.3 Å². The summed E-state index contributed by atoms with van der Waals surface area (Å²) in [6.07, 6.45) is 0.